The molecular weight excluding hydrogens is 338 g/mol. The molecule has 0 aromatic heterocycles. The largest absolute Gasteiger partial charge is 0.507 e. The summed E-state index contributed by atoms with van der Waals surface area (Å²) >= 11 is 3.18. The zero-order valence-electron chi connectivity index (χ0n) is 10.7. The summed E-state index contributed by atoms with van der Waals surface area (Å²) < 4.78 is 0.521. The van der Waals surface area contributed by atoms with Crippen LogP contribution in [0.3, 0.4) is 0 Å². The number of allylic oxidation sites excluding steroid dienone is 1. The molecule has 0 aliphatic carbocycles. The van der Waals surface area contributed by atoms with Crippen LogP contribution in [0.15, 0.2) is 53.0 Å². The van der Waals surface area contributed by atoms with Gasteiger partial charge < -0.3 is 5.11 Å². The van der Waals surface area contributed by atoms with Gasteiger partial charge in [0, 0.05) is 17.7 Å². The molecule has 0 spiro atoms. The molecule has 0 amide bonds. The number of hydrogen-bond donors (Lipinski definition) is 1. The molecule has 2 rings (SSSR count). The third-order valence-corrected chi connectivity index (χ3v) is 3.38. The van der Waals surface area contributed by atoms with Crippen molar-refractivity contribution in [1.29, 1.82) is 0 Å². The molecule has 0 aliphatic heterocycles. The van der Waals surface area contributed by atoms with Crippen molar-refractivity contribution in [1.82, 2.24) is 0 Å². The predicted molar refractivity (Wildman–Crippen MR) is 82.3 cm³/mol. The number of phenolic OH excluding ortho intramolecular Hbond substituents is 1. The third-order valence-electron chi connectivity index (χ3n) is 2.74. The van der Waals surface area contributed by atoms with Gasteiger partial charge in [-0.2, -0.15) is 0 Å². The number of non-ortho nitro benzene ring substituents is 1. The highest BCUT2D eigenvalue weighted by Gasteiger charge is 2.09. The number of phenols is 1. The number of nitro benzene ring substituents is 1. The average Bonchev–Trinajstić information content (AvgIpc) is 2.48. The van der Waals surface area contributed by atoms with Crippen LogP contribution >= 0.6 is 15.9 Å². The van der Waals surface area contributed by atoms with Gasteiger partial charge in [-0.05, 0) is 39.7 Å². The highest BCUT2D eigenvalue weighted by Crippen LogP contribution is 2.24. The first-order valence-corrected chi connectivity index (χ1v) is 6.72. The lowest BCUT2D eigenvalue weighted by atomic mass is 10.1. The molecule has 21 heavy (non-hydrogen) atoms. The van der Waals surface area contributed by atoms with Crippen molar-refractivity contribution in [2.24, 2.45) is 0 Å². The lowest BCUT2D eigenvalue weighted by Gasteiger charge is -1.99. The normalized spacial score (nSPS) is 10.7. The first kappa shape index (κ1) is 14.9. The van der Waals surface area contributed by atoms with E-state index in [0.29, 0.717) is 4.47 Å². The molecule has 1 N–H and O–H groups in total. The zero-order chi connectivity index (χ0) is 15.4. The summed E-state index contributed by atoms with van der Waals surface area (Å²) in [5.74, 6) is -0.222. The molecule has 0 unspecified atom stereocenters. The Kier molecular flexibility index (Phi) is 4.49. The number of hydrogen-bond acceptors (Lipinski definition) is 4. The molecule has 0 fully saturated rings. The van der Waals surface area contributed by atoms with Crippen LogP contribution in [0.5, 0.6) is 5.75 Å². The first-order chi connectivity index (χ1) is 9.97. The molecule has 2 aromatic rings. The molecule has 0 aliphatic rings. The Morgan fingerprint density at radius 2 is 2.00 bits per heavy atom. The molecule has 6 heteroatoms. The second kappa shape index (κ2) is 6.32. The van der Waals surface area contributed by atoms with Crippen LogP contribution in [0.4, 0.5) is 5.69 Å². The van der Waals surface area contributed by atoms with Crippen molar-refractivity contribution in [3.63, 3.8) is 0 Å². The van der Waals surface area contributed by atoms with Crippen LogP contribution in [0.25, 0.3) is 6.08 Å². The summed E-state index contributed by atoms with van der Waals surface area (Å²) in [4.78, 5) is 22.1. The van der Waals surface area contributed by atoms with Gasteiger partial charge in [0.1, 0.15) is 5.75 Å². The van der Waals surface area contributed by atoms with Gasteiger partial charge in [0.25, 0.3) is 5.69 Å². The zero-order valence-corrected chi connectivity index (χ0v) is 12.3. The number of carbonyl (C=O) groups excluding carboxylic acids is 1. The van der Waals surface area contributed by atoms with Crippen molar-refractivity contribution >= 4 is 33.5 Å². The van der Waals surface area contributed by atoms with Crippen LogP contribution in [0.2, 0.25) is 0 Å². The minimum absolute atomic E-state index is 0.108. The number of rotatable bonds is 4. The first-order valence-electron chi connectivity index (χ1n) is 5.93. The van der Waals surface area contributed by atoms with Crippen LogP contribution in [0, 0.1) is 10.1 Å². The van der Waals surface area contributed by atoms with E-state index in [2.05, 4.69) is 15.9 Å². The van der Waals surface area contributed by atoms with Crippen molar-refractivity contribution in [2.45, 2.75) is 0 Å². The fourth-order valence-corrected chi connectivity index (χ4v) is 2.06. The summed E-state index contributed by atoms with van der Waals surface area (Å²) in [7, 11) is 0. The van der Waals surface area contributed by atoms with E-state index in [4.69, 9.17) is 0 Å². The van der Waals surface area contributed by atoms with Crippen LogP contribution in [0.1, 0.15) is 15.9 Å². The van der Waals surface area contributed by atoms with Gasteiger partial charge in [-0.3, -0.25) is 14.9 Å². The van der Waals surface area contributed by atoms with Gasteiger partial charge in [-0.25, -0.2) is 0 Å². The average molecular weight is 348 g/mol. The van der Waals surface area contributed by atoms with E-state index in [1.807, 2.05) is 0 Å². The van der Waals surface area contributed by atoms with Crippen molar-refractivity contribution in [3.05, 3.63) is 74.3 Å². The molecule has 106 valence electrons. The smallest absolute Gasteiger partial charge is 0.270 e. The van der Waals surface area contributed by atoms with Crippen molar-refractivity contribution < 1.29 is 14.8 Å². The summed E-state index contributed by atoms with van der Waals surface area (Å²) in [5.41, 5.74) is 0.846. The van der Waals surface area contributed by atoms with Gasteiger partial charge in [-0.15, -0.1) is 0 Å². The van der Waals surface area contributed by atoms with Gasteiger partial charge in [0.05, 0.1) is 9.40 Å². The quantitative estimate of drug-likeness (QED) is 0.393. The van der Waals surface area contributed by atoms with E-state index in [9.17, 15) is 20.0 Å². The number of ketones is 1. The number of nitro groups is 1. The Labute approximate surface area is 128 Å². The van der Waals surface area contributed by atoms with E-state index in [1.54, 1.807) is 18.2 Å². The fraction of sp³-hybridized carbons (Fsp3) is 0. The highest BCUT2D eigenvalue weighted by molar-refractivity contribution is 9.10. The number of benzene rings is 2. The molecule has 5 nitrogen and oxygen atoms in total. The molecule has 0 heterocycles. The Hall–Kier alpha value is -2.47. The molecule has 0 radical (unpaired) electrons. The Morgan fingerprint density at radius 1 is 1.24 bits per heavy atom. The minimum atomic E-state index is -0.544. The lowest BCUT2D eigenvalue weighted by Crippen LogP contribution is -1.96. The Balaban J connectivity index is 2.20. The summed E-state index contributed by atoms with van der Waals surface area (Å²) in [6.07, 6.45) is 2.91. The molecule has 0 bridgehead atoms. The number of halogens is 1. The monoisotopic (exact) mass is 347 g/mol. The maximum Gasteiger partial charge on any atom is 0.270 e. The Bertz CT molecular complexity index is 740. The van der Waals surface area contributed by atoms with E-state index in [1.165, 1.54) is 36.4 Å². The molecule has 0 saturated heterocycles. The van der Waals surface area contributed by atoms with E-state index in [0.717, 1.165) is 5.56 Å². The van der Waals surface area contributed by atoms with E-state index >= 15 is 0 Å². The van der Waals surface area contributed by atoms with Crippen LogP contribution in [-0.2, 0) is 0 Å². The van der Waals surface area contributed by atoms with Gasteiger partial charge >= 0.3 is 0 Å². The summed E-state index contributed by atoms with van der Waals surface area (Å²) in [5, 5.41) is 20.1. The van der Waals surface area contributed by atoms with Crippen LogP contribution in [-0.4, -0.2) is 15.8 Å². The lowest BCUT2D eigenvalue weighted by molar-refractivity contribution is -0.384. The summed E-state index contributed by atoms with van der Waals surface area (Å²) in [6, 6.07) is 10.4. The predicted octanol–water partition coefficient (Wildman–Crippen LogP) is 3.96. The topological polar surface area (TPSA) is 80.4 Å². The Morgan fingerprint density at radius 3 is 2.67 bits per heavy atom. The van der Waals surface area contributed by atoms with Gasteiger partial charge in [-0.1, -0.05) is 24.3 Å². The number of carbonyl (C=O) groups is 1. The SMILES string of the molecule is O=C(/C=C/c1ccc(O)c(Br)c1)c1cccc([N+](=O)[O-])c1. The maximum atomic E-state index is 12.0. The summed E-state index contributed by atoms with van der Waals surface area (Å²) in [6.45, 7) is 0. The molecular formula is C15H10BrNO4. The fourth-order valence-electron chi connectivity index (χ4n) is 1.67. The molecule has 0 saturated carbocycles. The van der Waals surface area contributed by atoms with Gasteiger partial charge in [0.15, 0.2) is 5.78 Å². The molecule has 0 atom stereocenters. The third kappa shape index (κ3) is 3.76. The second-order valence-corrected chi connectivity index (χ2v) is 5.07. The van der Waals surface area contributed by atoms with Crippen molar-refractivity contribution in [3.8, 4) is 5.75 Å². The van der Waals surface area contributed by atoms with Crippen LogP contribution < -0.4 is 0 Å². The number of nitrogens with zero attached hydrogens (tertiary/aromatic N) is 1. The van der Waals surface area contributed by atoms with Gasteiger partial charge in [0.2, 0.25) is 0 Å². The van der Waals surface area contributed by atoms with Crippen molar-refractivity contribution in [2.75, 3.05) is 0 Å². The van der Waals surface area contributed by atoms with E-state index < -0.39 is 4.92 Å². The standard InChI is InChI=1S/C15H10BrNO4/c16-13-8-10(5-7-15(13)19)4-6-14(18)11-2-1-3-12(9-11)17(20)21/h1-9,19H/b6-4+. The number of aromatic hydroxyl groups is 1. The minimum Gasteiger partial charge on any atom is -0.507 e. The van der Waals surface area contributed by atoms with E-state index in [-0.39, 0.29) is 22.8 Å². The second-order valence-electron chi connectivity index (χ2n) is 4.22. The maximum absolute atomic E-state index is 12.0. The highest BCUT2D eigenvalue weighted by atomic mass is 79.9. The molecule has 2 aromatic carbocycles.